The summed E-state index contributed by atoms with van der Waals surface area (Å²) in [7, 11) is 1.63. The number of aromatic nitrogens is 1. The maximum absolute atomic E-state index is 5.60. The summed E-state index contributed by atoms with van der Waals surface area (Å²) in [5.74, 6) is 2.13. The van der Waals surface area contributed by atoms with Gasteiger partial charge >= 0.3 is 0 Å². The fourth-order valence-electron chi connectivity index (χ4n) is 1.92. The number of ether oxygens (including phenoxy) is 3. The molecule has 1 aromatic carbocycles. The van der Waals surface area contributed by atoms with E-state index in [0.29, 0.717) is 31.3 Å². The zero-order chi connectivity index (χ0) is 13.1. The van der Waals surface area contributed by atoms with Gasteiger partial charge in [0.15, 0.2) is 16.6 Å². The second-order valence-corrected chi connectivity index (χ2v) is 4.91. The van der Waals surface area contributed by atoms with Crippen LogP contribution in [0.5, 0.6) is 17.2 Å². The number of nitrogens with zero attached hydrogens (tertiary/aromatic N) is 1. The fourth-order valence-corrected chi connectivity index (χ4v) is 2.45. The molecule has 0 fully saturated rings. The lowest BCUT2D eigenvalue weighted by atomic mass is 10.1. The van der Waals surface area contributed by atoms with Gasteiger partial charge in [0.05, 0.1) is 7.11 Å². The van der Waals surface area contributed by atoms with Crippen molar-refractivity contribution in [2.75, 3.05) is 25.6 Å². The summed E-state index contributed by atoms with van der Waals surface area (Å²) in [4.78, 5) is 4.18. The van der Waals surface area contributed by atoms with E-state index in [1.165, 1.54) is 0 Å². The number of fused-ring (bicyclic) bond motifs is 1. The maximum Gasteiger partial charge on any atom is 0.203 e. The average molecular weight is 278 g/mol. The van der Waals surface area contributed by atoms with Crippen LogP contribution in [0.15, 0.2) is 23.7 Å². The van der Waals surface area contributed by atoms with Crippen LogP contribution in [0.25, 0.3) is 0 Å². The van der Waals surface area contributed by atoms with Gasteiger partial charge < -0.3 is 19.5 Å². The zero-order valence-corrected chi connectivity index (χ0v) is 11.3. The lowest BCUT2D eigenvalue weighted by molar-refractivity contribution is 0.165. The first-order valence-electron chi connectivity index (χ1n) is 5.96. The number of rotatable bonds is 4. The third-order valence-electron chi connectivity index (χ3n) is 2.76. The molecule has 0 radical (unpaired) electrons. The summed E-state index contributed by atoms with van der Waals surface area (Å²) in [6.45, 7) is 1.79. The highest BCUT2D eigenvalue weighted by Gasteiger charge is 2.18. The van der Waals surface area contributed by atoms with Crippen molar-refractivity contribution in [1.82, 2.24) is 4.98 Å². The van der Waals surface area contributed by atoms with E-state index in [9.17, 15) is 0 Å². The van der Waals surface area contributed by atoms with E-state index in [1.807, 2.05) is 17.5 Å². The predicted molar refractivity (Wildman–Crippen MR) is 73.4 cm³/mol. The van der Waals surface area contributed by atoms with Crippen LogP contribution in [0, 0.1) is 0 Å². The molecule has 6 heteroatoms. The SMILES string of the molecule is COc1cc(CNc2nccs2)cc2c1OCCO2. The van der Waals surface area contributed by atoms with Crippen molar-refractivity contribution in [3.8, 4) is 17.2 Å². The molecule has 100 valence electrons. The highest BCUT2D eigenvalue weighted by Crippen LogP contribution is 2.40. The van der Waals surface area contributed by atoms with Crippen LogP contribution >= 0.6 is 11.3 Å². The quantitative estimate of drug-likeness (QED) is 0.931. The summed E-state index contributed by atoms with van der Waals surface area (Å²) in [6.07, 6.45) is 1.78. The number of benzene rings is 1. The Morgan fingerprint density at radius 3 is 3.05 bits per heavy atom. The normalized spacial score (nSPS) is 13.1. The van der Waals surface area contributed by atoms with Gasteiger partial charge in [0.1, 0.15) is 13.2 Å². The lowest BCUT2D eigenvalue weighted by Gasteiger charge is -2.21. The largest absolute Gasteiger partial charge is 0.493 e. The van der Waals surface area contributed by atoms with Gasteiger partial charge in [-0.1, -0.05) is 0 Å². The minimum absolute atomic E-state index is 0.556. The molecule has 0 saturated carbocycles. The van der Waals surface area contributed by atoms with Gasteiger partial charge in [-0.3, -0.25) is 0 Å². The number of hydrogen-bond acceptors (Lipinski definition) is 6. The molecule has 0 saturated heterocycles. The zero-order valence-electron chi connectivity index (χ0n) is 10.5. The minimum atomic E-state index is 0.556. The Hall–Kier alpha value is -1.95. The van der Waals surface area contributed by atoms with E-state index >= 15 is 0 Å². The Morgan fingerprint density at radius 2 is 2.26 bits per heavy atom. The molecule has 1 N–H and O–H groups in total. The van der Waals surface area contributed by atoms with Crippen LogP contribution in [0.3, 0.4) is 0 Å². The number of hydrogen-bond donors (Lipinski definition) is 1. The summed E-state index contributed by atoms with van der Waals surface area (Å²) in [5.41, 5.74) is 1.07. The summed E-state index contributed by atoms with van der Waals surface area (Å²) in [5, 5.41) is 6.09. The number of thiazole rings is 1. The predicted octanol–water partition coefficient (Wildman–Crippen LogP) is 2.54. The van der Waals surface area contributed by atoms with E-state index in [2.05, 4.69) is 10.3 Å². The molecule has 3 rings (SSSR count). The molecule has 0 amide bonds. The molecule has 1 aliphatic rings. The highest BCUT2D eigenvalue weighted by molar-refractivity contribution is 7.13. The minimum Gasteiger partial charge on any atom is -0.493 e. The van der Waals surface area contributed by atoms with Gasteiger partial charge in [0.2, 0.25) is 5.75 Å². The Labute approximate surface area is 115 Å². The third kappa shape index (κ3) is 2.58. The van der Waals surface area contributed by atoms with Gasteiger partial charge in [-0.05, 0) is 17.7 Å². The van der Waals surface area contributed by atoms with Crippen molar-refractivity contribution in [2.24, 2.45) is 0 Å². The first-order chi connectivity index (χ1) is 9.36. The Kier molecular flexibility index (Phi) is 3.41. The first-order valence-corrected chi connectivity index (χ1v) is 6.84. The molecule has 0 aliphatic carbocycles. The van der Waals surface area contributed by atoms with Crippen LogP contribution in [0.4, 0.5) is 5.13 Å². The number of methoxy groups -OCH3 is 1. The molecular weight excluding hydrogens is 264 g/mol. The monoisotopic (exact) mass is 278 g/mol. The summed E-state index contributed by atoms with van der Waals surface area (Å²) < 4.78 is 16.5. The van der Waals surface area contributed by atoms with Crippen LogP contribution in [0.2, 0.25) is 0 Å². The third-order valence-corrected chi connectivity index (χ3v) is 3.49. The van der Waals surface area contributed by atoms with Gasteiger partial charge in [-0.2, -0.15) is 0 Å². The Morgan fingerprint density at radius 1 is 1.37 bits per heavy atom. The van der Waals surface area contributed by atoms with Gasteiger partial charge in [-0.15, -0.1) is 11.3 Å². The van der Waals surface area contributed by atoms with Crippen LogP contribution in [-0.2, 0) is 6.54 Å². The van der Waals surface area contributed by atoms with Crippen LogP contribution in [-0.4, -0.2) is 25.3 Å². The molecule has 0 spiro atoms. The lowest BCUT2D eigenvalue weighted by Crippen LogP contribution is -2.16. The number of anilines is 1. The second kappa shape index (κ2) is 5.36. The van der Waals surface area contributed by atoms with Gasteiger partial charge in [-0.25, -0.2) is 4.98 Å². The molecule has 2 aromatic rings. The van der Waals surface area contributed by atoms with Crippen molar-refractivity contribution in [3.05, 3.63) is 29.3 Å². The first kappa shape index (κ1) is 12.1. The van der Waals surface area contributed by atoms with Gasteiger partial charge in [0, 0.05) is 18.1 Å². The van der Waals surface area contributed by atoms with E-state index in [0.717, 1.165) is 16.4 Å². The topological polar surface area (TPSA) is 52.6 Å². The Balaban J connectivity index is 1.81. The Bertz CT molecular complexity index is 540. The van der Waals surface area contributed by atoms with Crippen LogP contribution in [0.1, 0.15) is 5.56 Å². The van der Waals surface area contributed by atoms with E-state index < -0.39 is 0 Å². The maximum atomic E-state index is 5.60. The fraction of sp³-hybridized carbons (Fsp3) is 0.308. The summed E-state index contributed by atoms with van der Waals surface area (Å²) >= 11 is 1.57. The van der Waals surface area contributed by atoms with Crippen molar-refractivity contribution < 1.29 is 14.2 Å². The average Bonchev–Trinajstić information content (AvgIpc) is 2.97. The van der Waals surface area contributed by atoms with E-state index in [-0.39, 0.29) is 0 Å². The highest BCUT2D eigenvalue weighted by atomic mass is 32.1. The molecule has 1 aliphatic heterocycles. The van der Waals surface area contributed by atoms with Crippen LogP contribution < -0.4 is 19.5 Å². The molecule has 0 bridgehead atoms. The standard InChI is InChI=1S/C13H14N2O3S/c1-16-10-6-9(8-15-13-14-2-5-19-13)7-11-12(10)18-4-3-17-11/h2,5-7H,3-4,8H2,1H3,(H,14,15). The number of nitrogens with one attached hydrogen (secondary N) is 1. The molecule has 1 aromatic heterocycles. The molecule has 0 unspecified atom stereocenters. The summed E-state index contributed by atoms with van der Waals surface area (Å²) in [6, 6.07) is 3.92. The van der Waals surface area contributed by atoms with Crippen molar-refractivity contribution >= 4 is 16.5 Å². The molecule has 5 nitrogen and oxygen atoms in total. The molecular formula is C13H14N2O3S. The smallest absolute Gasteiger partial charge is 0.203 e. The second-order valence-electron chi connectivity index (χ2n) is 4.01. The van der Waals surface area contributed by atoms with E-state index in [4.69, 9.17) is 14.2 Å². The van der Waals surface area contributed by atoms with Gasteiger partial charge in [0.25, 0.3) is 0 Å². The van der Waals surface area contributed by atoms with Crippen molar-refractivity contribution in [1.29, 1.82) is 0 Å². The van der Waals surface area contributed by atoms with E-state index in [1.54, 1.807) is 24.6 Å². The molecule has 2 heterocycles. The van der Waals surface area contributed by atoms with Crippen molar-refractivity contribution in [3.63, 3.8) is 0 Å². The van der Waals surface area contributed by atoms with Crippen molar-refractivity contribution in [2.45, 2.75) is 6.54 Å². The molecule has 19 heavy (non-hydrogen) atoms. The molecule has 0 atom stereocenters.